The molecule has 1 amide bonds. The summed E-state index contributed by atoms with van der Waals surface area (Å²) in [6.07, 6.45) is 0.959. The molecule has 2 unspecified atom stereocenters. The van der Waals surface area contributed by atoms with Crippen molar-refractivity contribution in [2.24, 2.45) is 11.7 Å². The van der Waals surface area contributed by atoms with Crippen molar-refractivity contribution in [2.45, 2.75) is 31.7 Å². The second kappa shape index (κ2) is 4.49. The molecule has 1 aromatic carbocycles. The van der Waals surface area contributed by atoms with Crippen LogP contribution in [-0.4, -0.2) is 18.0 Å². The highest BCUT2D eigenvalue weighted by Crippen LogP contribution is 2.47. The molecule has 1 fully saturated rings. The maximum Gasteiger partial charge on any atom is 0.223 e. The summed E-state index contributed by atoms with van der Waals surface area (Å²) in [5.74, 6) is 0.675. The molecule has 3 heteroatoms. The number of amides is 1. The molecule has 3 nitrogen and oxygen atoms in total. The molecule has 0 aromatic heterocycles. The Hall–Kier alpha value is -1.35. The Morgan fingerprint density at radius 1 is 1.41 bits per heavy atom. The molecule has 1 aliphatic carbocycles. The summed E-state index contributed by atoms with van der Waals surface area (Å²) in [5, 5.41) is 2.92. The Bertz CT molecular complexity index is 394. The zero-order chi connectivity index (χ0) is 12.5. The van der Waals surface area contributed by atoms with Gasteiger partial charge in [-0.1, -0.05) is 30.3 Å². The quantitative estimate of drug-likeness (QED) is 0.829. The number of nitrogens with two attached hydrogens (primary N) is 1. The first-order valence-electron chi connectivity index (χ1n) is 6.09. The van der Waals surface area contributed by atoms with Gasteiger partial charge in [0, 0.05) is 18.0 Å². The van der Waals surface area contributed by atoms with Crippen LogP contribution in [-0.2, 0) is 4.79 Å². The normalized spacial score (nSPS) is 23.2. The minimum atomic E-state index is -0.340. The number of carbonyl (C=O) groups excluding carboxylic acids is 1. The molecule has 1 saturated carbocycles. The van der Waals surface area contributed by atoms with Crippen LogP contribution in [0.5, 0.6) is 0 Å². The predicted octanol–water partition coefficient (Wildman–Crippen LogP) is 1.64. The van der Waals surface area contributed by atoms with Crippen molar-refractivity contribution in [2.75, 3.05) is 6.54 Å². The molecular formula is C14H20N2O. The Labute approximate surface area is 102 Å². The number of benzene rings is 1. The molecule has 17 heavy (non-hydrogen) atoms. The van der Waals surface area contributed by atoms with Crippen molar-refractivity contribution in [1.82, 2.24) is 5.32 Å². The lowest BCUT2D eigenvalue weighted by atomic mass is 10.1. The largest absolute Gasteiger partial charge is 0.354 e. The maximum atomic E-state index is 11.9. The molecule has 0 heterocycles. The highest BCUT2D eigenvalue weighted by molar-refractivity contribution is 5.82. The molecule has 2 atom stereocenters. The average molecular weight is 232 g/mol. The molecule has 0 radical (unpaired) electrons. The Balaban J connectivity index is 1.85. The third-order valence-corrected chi connectivity index (χ3v) is 3.07. The molecule has 3 N–H and O–H groups in total. The van der Waals surface area contributed by atoms with Gasteiger partial charge in [0.25, 0.3) is 0 Å². The van der Waals surface area contributed by atoms with Crippen LogP contribution in [0, 0.1) is 5.92 Å². The number of hydrogen-bond donors (Lipinski definition) is 2. The van der Waals surface area contributed by atoms with Crippen LogP contribution in [0.4, 0.5) is 0 Å². The third kappa shape index (κ3) is 3.30. The maximum absolute atomic E-state index is 11.9. The monoisotopic (exact) mass is 232 g/mol. The van der Waals surface area contributed by atoms with E-state index in [2.05, 4.69) is 17.4 Å². The topological polar surface area (TPSA) is 55.1 Å². The van der Waals surface area contributed by atoms with Crippen LogP contribution in [0.3, 0.4) is 0 Å². The van der Waals surface area contributed by atoms with Gasteiger partial charge in [0.05, 0.1) is 0 Å². The summed E-state index contributed by atoms with van der Waals surface area (Å²) in [7, 11) is 0. The van der Waals surface area contributed by atoms with Crippen molar-refractivity contribution in [3.63, 3.8) is 0 Å². The van der Waals surface area contributed by atoms with Gasteiger partial charge >= 0.3 is 0 Å². The minimum Gasteiger partial charge on any atom is -0.354 e. The molecule has 0 bridgehead atoms. The van der Waals surface area contributed by atoms with Crippen LogP contribution >= 0.6 is 0 Å². The average Bonchev–Trinajstić information content (AvgIpc) is 3.06. The van der Waals surface area contributed by atoms with Crippen molar-refractivity contribution >= 4 is 5.91 Å². The first kappa shape index (κ1) is 12.1. The summed E-state index contributed by atoms with van der Waals surface area (Å²) in [4.78, 5) is 11.9. The van der Waals surface area contributed by atoms with Crippen molar-refractivity contribution in [1.29, 1.82) is 0 Å². The lowest BCUT2D eigenvalue weighted by Crippen LogP contribution is -2.45. The molecule has 0 spiro atoms. The van der Waals surface area contributed by atoms with E-state index in [1.54, 1.807) is 0 Å². The van der Waals surface area contributed by atoms with Gasteiger partial charge in [0.1, 0.15) is 0 Å². The lowest BCUT2D eigenvalue weighted by molar-refractivity contribution is -0.122. The highest BCUT2D eigenvalue weighted by Gasteiger charge is 2.43. The number of carbonyl (C=O) groups is 1. The standard InChI is InChI=1S/C14H20N2O/c1-14(2,15)9-16-13(17)12-8-11(12)10-6-4-3-5-7-10/h3-7,11-12H,8-9,15H2,1-2H3,(H,16,17). The van der Waals surface area contributed by atoms with E-state index in [1.165, 1.54) is 5.56 Å². The Morgan fingerprint density at radius 3 is 2.65 bits per heavy atom. The molecule has 1 aliphatic rings. The van der Waals surface area contributed by atoms with Gasteiger partial charge in [-0.25, -0.2) is 0 Å². The summed E-state index contributed by atoms with van der Waals surface area (Å²) < 4.78 is 0. The summed E-state index contributed by atoms with van der Waals surface area (Å²) in [6, 6.07) is 10.2. The third-order valence-electron chi connectivity index (χ3n) is 3.07. The van der Waals surface area contributed by atoms with Gasteiger partial charge in [0.15, 0.2) is 0 Å². The molecule has 2 rings (SSSR count). The summed E-state index contributed by atoms with van der Waals surface area (Å²) in [6.45, 7) is 4.35. The fourth-order valence-electron chi connectivity index (χ4n) is 2.00. The second-order valence-corrected chi connectivity index (χ2v) is 5.57. The Kier molecular flexibility index (Phi) is 3.20. The van der Waals surface area contributed by atoms with Crippen molar-refractivity contribution < 1.29 is 4.79 Å². The highest BCUT2D eigenvalue weighted by atomic mass is 16.2. The van der Waals surface area contributed by atoms with E-state index in [0.717, 1.165) is 6.42 Å². The number of rotatable bonds is 4. The molecule has 0 aliphatic heterocycles. The van der Waals surface area contributed by atoms with E-state index in [1.807, 2.05) is 32.0 Å². The molecular weight excluding hydrogens is 212 g/mol. The van der Waals surface area contributed by atoms with Gasteiger partial charge in [-0.2, -0.15) is 0 Å². The number of hydrogen-bond acceptors (Lipinski definition) is 2. The van der Waals surface area contributed by atoms with E-state index < -0.39 is 0 Å². The molecule has 92 valence electrons. The van der Waals surface area contributed by atoms with Gasteiger partial charge in [0.2, 0.25) is 5.91 Å². The van der Waals surface area contributed by atoms with Gasteiger partial charge in [-0.3, -0.25) is 4.79 Å². The minimum absolute atomic E-state index is 0.136. The summed E-state index contributed by atoms with van der Waals surface area (Å²) >= 11 is 0. The van der Waals surface area contributed by atoms with E-state index in [-0.39, 0.29) is 17.4 Å². The molecule has 1 aromatic rings. The van der Waals surface area contributed by atoms with Gasteiger partial charge < -0.3 is 11.1 Å². The van der Waals surface area contributed by atoms with Crippen molar-refractivity contribution in [3.05, 3.63) is 35.9 Å². The van der Waals surface area contributed by atoms with Gasteiger partial charge in [-0.05, 0) is 31.7 Å². The van der Waals surface area contributed by atoms with Crippen molar-refractivity contribution in [3.8, 4) is 0 Å². The van der Waals surface area contributed by atoms with Crippen LogP contribution in [0.25, 0.3) is 0 Å². The first-order valence-corrected chi connectivity index (χ1v) is 6.09. The van der Waals surface area contributed by atoms with Crippen LogP contribution in [0.2, 0.25) is 0 Å². The number of nitrogens with one attached hydrogen (secondary N) is 1. The first-order chi connectivity index (χ1) is 7.97. The van der Waals surface area contributed by atoms with E-state index in [0.29, 0.717) is 12.5 Å². The lowest BCUT2D eigenvalue weighted by Gasteiger charge is -2.18. The van der Waals surface area contributed by atoms with Crippen LogP contribution in [0.1, 0.15) is 31.7 Å². The van der Waals surface area contributed by atoms with E-state index in [4.69, 9.17) is 5.73 Å². The zero-order valence-corrected chi connectivity index (χ0v) is 10.4. The van der Waals surface area contributed by atoms with Crippen LogP contribution in [0.15, 0.2) is 30.3 Å². The van der Waals surface area contributed by atoms with Gasteiger partial charge in [-0.15, -0.1) is 0 Å². The SMILES string of the molecule is CC(C)(N)CNC(=O)C1CC1c1ccccc1. The molecule has 0 saturated heterocycles. The summed E-state index contributed by atoms with van der Waals surface area (Å²) in [5.41, 5.74) is 6.76. The second-order valence-electron chi connectivity index (χ2n) is 5.57. The van der Waals surface area contributed by atoms with E-state index >= 15 is 0 Å². The fraction of sp³-hybridized carbons (Fsp3) is 0.500. The Morgan fingerprint density at radius 2 is 2.06 bits per heavy atom. The smallest absolute Gasteiger partial charge is 0.223 e. The zero-order valence-electron chi connectivity index (χ0n) is 10.4. The predicted molar refractivity (Wildman–Crippen MR) is 68.6 cm³/mol. The van der Waals surface area contributed by atoms with Crippen LogP contribution < -0.4 is 11.1 Å². The fourth-order valence-corrected chi connectivity index (χ4v) is 2.00. The van der Waals surface area contributed by atoms with E-state index in [9.17, 15) is 4.79 Å².